The van der Waals surface area contributed by atoms with Crippen molar-refractivity contribution in [2.75, 3.05) is 19.6 Å². The summed E-state index contributed by atoms with van der Waals surface area (Å²) in [6.45, 7) is 2.06. The number of carboxylic acid groups (broad SMARTS) is 1. The number of morpholine rings is 1. The smallest absolute Gasteiger partial charge is 0.416 e. The number of rotatable bonds is 4. The number of ether oxygens (including phenoxy) is 1. The molecule has 25 heavy (non-hydrogen) atoms. The standard InChI is InChI=1S/C16H19F3N2O4/c1-10-8-21(15(24)20-6-5-14(22)23)9-13(25-10)11-3-2-4-12(7-11)16(17,18)19/h2-4,7,10,13H,5-6,8-9H2,1H3,(H,20,24)(H,22,23). The number of carbonyl (C=O) groups excluding carboxylic acids is 1. The van der Waals surface area contributed by atoms with Gasteiger partial charge in [0.2, 0.25) is 0 Å². The van der Waals surface area contributed by atoms with Crippen LogP contribution in [0.3, 0.4) is 0 Å². The first-order valence-corrected chi connectivity index (χ1v) is 7.74. The first kappa shape index (κ1) is 19.0. The molecule has 1 heterocycles. The SMILES string of the molecule is CC1CN(C(=O)NCCC(=O)O)CC(c2cccc(C(F)(F)F)c2)O1. The van der Waals surface area contributed by atoms with E-state index in [4.69, 9.17) is 9.84 Å². The number of nitrogens with zero attached hydrogens (tertiary/aromatic N) is 1. The predicted molar refractivity (Wildman–Crippen MR) is 82.0 cm³/mol. The van der Waals surface area contributed by atoms with Crippen molar-refractivity contribution in [3.63, 3.8) is 0 Å². The second kappa shape index (κ2) is 7.73. The summed E-state index contributed by atoms with van der Waals surface area (Å²) in [5, 5.41) is 11.1. The van der Waals surface area contributed by atoms with Crippen molar-refractivity contribution in [1.29, 1.82) is 0 Å². The molecule has 1 saturated heterocycles. The zero-order valence-electron chi connectivity index (χ0n) is 13.5. The molecule has 1 aliphatic rings. The van der Waals surface area contributed by atoms with Gasteiger partial charge in [-0.05, 0) is 24.6 Å². The van der Waals surface area contributed by atoms with Crippen molar-refractivity contribution in [2.24, 2.45) is 0 Å². The molecule has 2 rings (SSSR count). The van der Waals surface area contributed by atoms with E-state index in [2.05, 4.69) is 5.32 Å². The van der Waals surface area contributed by atoms with E-state index in [0.29, 0.717) is 5.56 Å². The van der Waals surface area contributed by atoms with Gasteiger partial charge in [0.1, 0.15) is 6.10 Å². The van der Waals surface area contributed by atoms with Crippen LogP contribution in [0, 0.1) is 0 Å². The van der Waals surface area contributed by atoms with Gasteiger partial charge in [-0.25, -0.2) is 4.79 Å². The molecule has 2 N–H and O–H groups in total. The van der Waals surface area contributed by atoms with Crippen molar-refractivity contribution in [3.05, 3.63) is 35.4 Å². The molecule has 1 fully saturated rings. The van der Waals surface area contributed by atoms with Crippen LogP contribution in [0.25, 0.3) is 0 Å². The van der Waals surface area contributed by atoms with E-state index in [1.807, 2.05) is 0 Å². The Morgan fingerprint density at radius 3 is 2.72 bits per heavy atom. The van der Waals surface area contributed by atoms with E-state index < -0.39 is 29.8 Å². The normalized spacial score (nSPS) is 21.0. The Hall–Kier alpha value is -2.29. The maximum absolute atomic E-state index is 12.9. The van der Waals surface area contributed by atoms with Gasteiger partial charge in [0.15, 0.2) is 0 Å². The molecule has 0 saturated carbocycles. The second-order valence-corrected chi connectivity index (χ2v) is 5.84. The summed E-state index contributed by atoms with van der Waals surface area (Å²) in [7, 11) is 0. The molecule has 0 aromatic heterocycles. The van der Waals surface area contributed by atoms with Gasteiger partial charge in [-0.3, -0.25) is 4.79 Å². The third kappa shape index (κ3) is 5.35. The summed E-state index contributed by atoms with van der Waals surface area (Å²) in [5.74, 6) is -1.03. The zero-order valence-corrected chi connectivity index (χ0v) is 13.5. The van der Waals surface area contributed by atoms with Crippen molar-refractivity contribution in [3.8, 4) is 0 Å². The Morgan fingerprint density at radius 1 is 1.36 bits per heavy atom. The number of benzene rings is 1. The van der Waals surface area contributed by atoms with Gasteiger partial charge in [0.05, 0.1) is 24.6 Å². The molecular weight excluding hydrogens is 341 g/mol. The minimum Gasteiger partial charge on any atom is -0.481 e. The maximum atomic E-state index is 12.9. The average Bonchev–Trinajstić information content (AvgIpc) is 2.53. The fraction of sp³-hybridized carbons (Fsp3) is 0.500. The highest BCUT2D eigenvalue weighted by molar-refractivity contribution is 5.75. The van der Waals surface area contributed by atoms with Crippen molar-refractivity contribution < 1.29 is 32.6 Å². The first-order chi connectivity index (χ1) is 11.7. The minimum atomic E-state index is -4.45. The van der Waals surface area contributed by atoms with Crippen LogP contribution in [-0.4, -0.2) is 47.7 Å². The molecule has 0 spiro atoms. The zero-order chi connectivity index (χ0) is 18.6. The maximum Gasteiger partial charge on any atom is 0.416 e. The summed E-state index contributed by atoms with van der Waals surface area (Å²) < 4.78 is 44.3. The minimum absolute atomic E-state index is 0.0197. The molecule has 1 aromatic carbocycles. The van der Waals surface area contributed by atoms with Crippen molar-refractivity contribution in [1.82, 2.24) is 10.2 Å². The van der Waals surface area contributed by atoms with Crippen LogP contribution in [0.1, 0.15) is 30.6 Å². The Balaban J connectivity index is 2.07. The second-order valence-electron chi connectivity index (χ2n) is 5.84. The number of nitrogens with one attached hydrogen (secondary N) is 1. The van der Waals surface area contributed by atoms with E-state index in [-0.39, 0.29) is 32.2 Å². The van der Waals surface area contributed by atoms with Gasteiger partial charge in [0.25, 0.3) is 0 Å². The van der Waals surface area contributed by atoms with Gasteiger partial charge in [-0.1, -0.05) is 12.1 Å². The van der Waals surface area contributed by atoms with Crippen molar-refractivity contribution in [2.45, 2.75) is 31.7 Å². The lowest BCUT2D eigenvalue weighted by Gasteiger charge is -2.37. The van der Waals surface area contributed by atoms with E-state index in [0.717, 1.165) is 12.1 Å². The molecule has 1 aromatic rings. The van der Waals surface area contributed by atoms with E-state index in [1.54, 1.807) is 6.92 Å². The van der Waals surface area contributed by atoms with Crippen LogP contribution in [0.4, 0.5) is 18.0 Å². The number of carbonyl (C=O) groups is 2. The van der Waals surface area contributed by atoms with Crippen LogP contribution in [-0.2, 0) is 15.7 Å². The lowest BCUT2D eigenvalue weighted by molar-refractivity contribution is -0.138. The molecule has 138 valence electrons. The highest BCUT2D eigenvalue weighted by Crippen LogP contribution is 2.32. The molecule has 0 radical (unpaired) electrons. The summed E-state index contributed by atoms with van der Waals surface area (Å²) in [5.41, 5.74) is -0.436. The number of urea groups is 1. The Bertz CT molecular complexity index is 636. The number of halogens is 3. The molecule has 6 nitrogen and oxygen atoms in total. The number of hydrogen-bond acceptors (Lipinski definition) is 3. The largest absolute Gasteiger partial charge is 0.481 e. The van der Waals surface area contributed by atoms with Gasteiger partial charge < -0.3 is 20.1 Å². The number of hydrogen-bond donors (Lipinski definition) is 2. The van der Waals surface area contributed by atoms with Crippen LogP contribution < -0.4 is 5.32 Å². The summed E-state index contributed by atoms with van der Waals surface area (Å²) in [6.07, 6.45) is -5.71. The summed E-state index contributed by atoms with van der Waals surface area (Å²) in [4.78, 5) is 24.0. The quantitative estimate of drug-likeness (QED) is 0.865. The summed E-state index contributed by atoms with van der Waals surface area (Å²) in [6, 6.07) is 4.36. The van der Waals surface area contributed by atoms with Gasteiger partial charge in [-0.2, -0.15) is 13.2 Å². The molecule has 9 heteroatoms. The molecule has 0 aliphatic carbocycles. The highest BCUT2D eigenvalue weighted by Gasteiger charge is 2.33. The fourth-order valence-corrected chi connectivity index (χ4v) is 2.60. The predicted octanol–water partition coefficient (Wildman–Crippen LogP) is 2.65. The number of carboxylic acids is 1. The average molecular weight is 360 g/mol. The highest BCUT2D eigenvalue weighted by atomic mass is 19.4. The molecular formula is C16H19F3N2O4. The van der Waals surface area contributed by atoms with Gasteiger partial charge in [0, 0.05) is 13.1 Å². The van der Waals surface area contributed by atoms with E-state index in [1.165, 1.54) is 17.0 Å². The molecule has 0 bridgehead atoms. The molecule has 1 aliphatic heterocycles. The third-order valence-corrected chi connectivity index (χ3v) is 3.75. The van der Waals surface area contributed by atoms with Crippen LogP contribution in [0.5, 0.6) is 0 Å². The monoisotopic (exact) mass is 360 g/mol. The van der Waals surface area contributed by atoms with E-state index >= 15 is 0 Å². The lowest BCUT2D eigenvalue weighted by Crippen LogP contribution is -2.50. The number of alkyl halides is 3. The Labute approximate surface area is 142 Å². The lowest BCUT2D eigenvalue weighted by atomic mass is 10.0. The first-order valence-electron chi connectivity index (χ1n) is 7.74. The van der Waals surface area contributed by atoms with Crippen LogP contribution in [0.15, 0.2) is 24.3 Å². The van der Waals surface area contributed by atoms with Crippen molar-refractivity contribution >= 4 is 12.0 Å². The molecule has 2 unspecified atom stereocenters. The van der Waals surface area contributed by atoms with E-state index in [9.17, 15) is 22.8 Å². The molecule has 2 amide bonds. The number of amides is 2. The third-order valence-electron chi connectivity index (χ3n) is 3.75. The van der Waals surface area contributed by atoms with Crippen LogP contribution >= 0.6 is 0 Å². The fourth-order valence-electron chi connectivity index (χ4n) is 2.60. The summed E-state index contributed by atoms with van der Waals surface area (Å²) >= 11 is 0. The number of aliphatic carboxylic acids is 1. The Kier molecular flexibility index (Phi) is 5.89. The Morgan fingerprint density at radius 2 is 2.08 bits per heavy atom. The molecule has 2 atom stereocenters. The van der Waals surface area contributed by atoms with Crippen LogP contribution in [0.2, 0.25) is 0 Å². The van der Waals surface area contributed by atoms with Gasteiger partial charge >= 0.3 is 18.2 Å². The van der Waals surface area contributed by atoms with Gasteiger partial charge in [-0.15, -0.1) is 0 Å². The topological polar surface area (TPSA) is 78.9 Å².